The van der Waals surface area contributed by atoms with Crippen molar-refractivity contribution >= 4 is 5.96 Å². The number of nitrogens with one attached hydrogen (secondary N) is 2. The van der Waals surface area contributed by atoms with Gasteiger partial charge in [0.05, 0.1) is 18.5 Å². The molecule has 10 heteroatoms. The second-order valence-electron chi connectivity index (χ2n) is 4.79. The zero-order valence-corrected chi connectivity index (χ0v) is 12.7. The maximum absolute atomic E-state index is 13.0. The molecule has 0 saturated carbocycles. The molecule has 24 heavy (non-hydrogen) atoms. The van der Waals surface area contributed by atoms with Gasteiger partial charge in [-0.3, -0.25) is 0 Å². The quantitative estimate of drug-likeness (QED) is 0.476. The van der Waals surface area contributed by atoms with Crippen LogP contribution in [0.4, 0.5) is 30.7 Å². The minimum Gasteiger partial charge on any atom is -0.357 e. The molecule has 0 aliphatic carbocycles. The van der Waals surface area contributed by atoms with Crippen molar-refractivity contribution in [2.45, 2.75) is 32.2 Å². The molecule has 0 atom stereocenters. The zero-order chi connectivity index (χ0) is 18.4. The highest BCUT2D eigenvalue weighted by Gasteiger charge is 2.33. The highest BCUT2D eigenvalue weighted by molar-refractivity contribution is 5.79. The van der Waals surface area contributed by atoms with Crippen molar-refractivity contribution in [3.05, 3.63) is 35.1 Å². The molecule has 0 fully saturated rings. The SMILES string of the molecule is CCNC(=NCc1ccc(F)cc1C(F)(F)F)NCCC(F)(F)F. The second-order valence-corrected chi connectivity index (χ2v) is 4.79. The van der Waals surface area contributed by atoms with Crippen LogP contribution in [0.1, 0.15) is 24.5 Å². The third-order valence-corrected chi connectivity index (χ3v) is 2.83. The first-order chi connectivity index (χ1) is 11.0. The second kappa shape index (κ2) is 8.20. The molecule has 0 saturated heterocycles. The first-order valence-electron chi connectivity index (χ1n) is 6.97. The molecule has 0 aliphatic heterocycles. The van der Waals surface area contributed by atoms with Gasteiger partial charge in [-0.25, -0.2) is 9.38 Å². The van der Waals surface area contributed by atoms with E-state index in [-0.39, 0.29) is 11.5 Å². The molecule has 1 aromatic rings. The predicted molar refractivity (Wildman–Crippen MR) is 74.9 cm³/mol. The van der Waals surface area contributed by atoms with Gasteiger partial charge in [-0.15, -0.1) is 0 Å². The Hall–Kier alpha value is -2.00. The standard InChI is InChI=1S/C14H16F7N3/c1-2-22-12(23-6-5-13(16,17)18)24-8-9-3-4-10(15)7-11(9)14(19,20)21/h3-4,7H,2,5-6,8H2,1H3,(H2,22,23,24). The molecular weight excluding hydrogens is 343 g/mol. The molecule has 0 radical (unpaired) electrons. The van der Waals surface area contributed by atoms with E-state index in [9.17, 15) is 30.7 Å². The van der Waals surface area contributed by atoms with Crippen molar-refractivity contribution in [2.24, 2.45) is 4.99 Å². The van der Waals surface area contributed by atoms with Crippen LogP contribution in [0.5, 0.6) is 0 Å². The first kappa shape index (κ1) is 20.0. The van der Waals surface area contributed by atoms with E-state index in [1.807, 2.05) is 0 Å². The molecule has 0 amide bonds. The number of nitrogens with zero attached hydrogens (tertiary/aromatic N) is 1. The number of rotatable bonds is 5. The van der Waals surface area contributed by atoms with Gasteiger partial charge >= 0.3 is 12.4 Å². The van der Waals surface area contributed by atoms with Crippen LogP contribution in [0.2, 0.25) is 0 Å². The molecule has 3 nitrogen and oxygen atoms in total. The summed E-state index contributed by atoms with van der Waals surface area (Å²) in [5.41, 5.74) is -1.45. The van der Waals surface area contributed by atoms with Crippen molar-refractivity contribution in [2.75, 3.05) is 13.1 Å². The van der Waals surface area contributed by atoms with Crippen LogP contribution in [0.15, 0.2) is 23.2 Å². The number of hydrogen-bond donors (Lipinski definition) is 2. The van der Waals surface area contributed by atoms with Gasteiger partial charge in [0, 0.05) is 13.1 Å². The Morgan fingerprint density at radius 2 is 1.75 bits per heavy atom. The Labute approximate surface area is 134 Å². The van der Waals surface area contributed by atoms with Crippen LogP contribution in [-0.4, -0.2) is 25.2 Å². The maximum Gasteiger partial charge on any atom is 0.416 e. The molecule has 1 aromatic carbocycles. The molecule has 136 valence electrons. The van der Waals surface area contributed by atoms with Gasteiger partial charge < -0.3 is 10.6 Å². The van der Waals surface area contributed by atoms with Crippen LogP contribution in [0, 0.1) is 5.82 Å². The monoisotopic (exact) mass is 359 g/mol. The fourth-order valence-electron chi connectivity index (χ4n) is 1.78. The Morgan fingerprint density at radius 3 is 2.29 bits per heavy atom. The molecular formula is C14H16F7N3. The van der Waals surface area contributed by atoms with E-state index in [2.05, 4.69) is 15.6 Å². The van der Waals surface area contributed by atoms with E-state index in [4.69, 9.17) is 0 Å². The van der Waals surface area contributed by atoms with Gasteiger partial charge in [-0.2, -0.15) is 26.3 Å². The third kappa shape index (κ3) is 7.05. The summed E-state index contributed by atoms with van der Waals surface area (Å²) in [6.07, 6.45) is -10.2. The van der Waals surface area contributed by atoms with Crippen molar-refractivity contribution in [3.8, 4) is 0 Å². The van der Waals surface area contributed by atoms with Gasteiger partial charge in [-0.1, -0.05) is 6.07 Å². The molecule has 0 aromatic heterocycles. The summed E-state index contributed by atoms with van der Waals surface area (Å²) in [6.45, 7) is 1.04. The fourth-order valence-corrected chi connectivity index (χ4v) is 1.78. The molecule has 0 heterocycles. The van der Waals surface area contributed by atoms with Crippen LogP contribution >= 0.6 is 0 Å². The molecule has 0 aliphatic rings. The van der Waals surface area contributed by atoms with Crippen molar-refractivity contribution in [1.82, 2.24) is 10.6 Å². The van der Waals surface area contributed by atoms with E-state index >= 15 is 0 Å². The molecule has 0 spiro atoms. The van der Waals surface area contributed by atoms with Crippen LogP contribution < -0.4 is 10.6 Å². The average Bonchev–Trinajstić information content (AvgIpc) is 2.43. The van der Waals surface area contributed by atoms with Crippen molar-refractivity contribution < 1.29 is 30.7 Å². The summed E-state index contributed by atoms with van der Waals surface area (Å²) in [5, 5.41) is 5.01. The number of alkyl halides is 6. The predicted octanol–water partition coefficient (Wildman–Crippen LogP) is 3.85. The topological polar surface area (TPSA) is 36.4 Å². The summed E-state index contributed by atoms with van der Waals surface area (Å²) in [4.78, 5) is 3.81. The minimum atomic E-state index is -4.75. The van der Waals surface area contributed by atoms with E-state index in [1.54, 1.807) is 6.92 Å². The van der Waals surface area contributed by atoms with Crippen molar-refractivity contribution in [1.29, 1.82) is 0 Å². The number of guanidine groups is 1. The van der Waals surface area contributed by atoms with Gasteiger partial charge in [0.25, 0.3) is 0 Å². The summed E-state index contributed by atoms with van der Waals surface area (Å²) in [5.74, 6) is -1.09. The highest BCUT2D eigenvalue weighted by Crippen LogP contribution is 2.32. The van der Waals surface area contributed by atoms with E-state index < -0.39 is 43.2 Å². The summed E-state index contributed by atoms with van der Waals surface area (Å²) < 4.78 is 87.9. The number of halogens is 7. The molecule has 1 rings (SSSR count). The Bertz CT molecular complexity index is 564. The normalized spacial score (nSPS) is 13.1. The van der Waals surface area contributed by atoms with Gasteiger partial charge in [0.15, 0.2) is 5.96 Å². The zero-order valence-electron chi connectivity index (χ0n) is 12.7. The lowest BCUT2D eigenvalue weighted by molar-refractivity contribution is -0.138. The van der Waals surface area contributed by atoms with E-state index in [1.165, 1.54) is 0 Å². The molecule has 2 N–H and O–H groups in total. The van der Waals surface area contributed by atoms with Crippen LogP contribution in [0.3, 0.4) is 0 Å². The van der Waals surface area contributed by atoms with Gasteiger partial charge in [-0.05, 0) is 24.6 Å². The lowest BCUT2D eigenvalue weighted by Crippen LogP contribution is -2.38. The van der Waals surface area contributed by atoms with E-state index in [0.29, 0.717) is 12.6 Å². The number of hydrogen-bond acceptors (Lipinski definition) is 1. The van der Waals surface area contributed by atoms with Crippen LogP contribution in [-0.2, 0) is 12.7 Å². The van der Waals surface area contributed by atoms with Crippen molar-refractivity contribution in [3.63, 3.8) is 0 Å². The molecule has 0 bridgehead atoms. The minimum absolute atomic E-state index is 0.0563. The number of aliphatic imine (C=N–C) groups is 1. The Kier molecular flexibility index (Phi) is 6.85. The number of benzene rings is 1. The van der Waals surface area contributed by atoms with Gasteiger partial charge in [0.1, 0.15) is 5.82 Å². The third-order valence-electron chi connectivity index (χ3n) is 2.83. The largest absolute Gasteiger partial charge is 0.416 e. The Balaban J connectivity index is 2.86. The smallest absolute Gasteiger partial charge is 0.357 e. The summed E-state index contributed by atoms with van der Waals surface area (Å²) in [7, 11) is 0. The maximum atomic E-state index is 13.0. The summed E-state index contributed by atoms with van der Waals surface area (Å²) in [6, 6.07) is 2.17. The van der Waals surface area contributed by atoms with E-state index in [0.717, 1.165) is 12.1 Å². The first-order valence-corrected chi connectivity index (χ1v) is 6.97. The lowest BCUT2D eigenvalue weighted by atomic mass is 10.1. The molecule has 0 unspecified atom stereocenters. The van der Waals surface area contributed by atoms with Gasteiger partial charge in [0.2, 0.25) is 0 Å². The summed E-state index contributed by atoms with van der Waals surface area (Å²) >= 11 is 0. The highest BCUT2D eigenvalue weighted by atomic mass is 19.4. The Morgan fingerprint density at radius 1 is 1.08 bits per heavy atom. The van der Waals surface area contributed by atoms with Crippen LogP contribution in [0.25, 0.3) is 0 Å². The lowest BCUT2D eigenvalue weighted by Gasteiger charge is -2.14. The fraction of sp³-hybridized carbons (Fsp3) is 0.500. The average molecular weight is 359 g/mol.